The lowest BCUT2D eigenvalue weighted by Gasteiger charge is -2.31. The molecule has 0 unspecified atom stereocenters. The molecule has 2 heterocycles. The van der Waals surface area contributed by atoms with Gasteiger partial charge in [-0.05, 0) is 41.7 Å². The van der Waals surface area contributed by atoms with Crippen molar-refractivity contribution in [3.63, 3.8) is 0 Å². The lowest BCUT2D eigenvalue weighted by molar-refractivity contribution is -0.135. The van der Waals surface area contributed by atoms with E-state index < -0.39 is 0 Å². The molecule has 2 atom stereocenters. The van der Waals surface area contributed by atoms with Gasteiger partial charge >= 0.3 is 0 Å². The van der Waals surface area contributed by atoms with Crippen LogP contribution in [0.3, 0.4) is 0 Å². The number of aryl methyl sites for hydroxylation is 1. The van der Waals surface area contributed by atoms with Crippen molar-refractivity contribution in [2.45, 2.75) is 40.2 Å². The van der Waals surface area contributed by atoms with Gasteiger partial charge in [0.1, 0.15) is 5.75 Å². The molecule has 0 N–H and O–H groups in total. The molecule has 1 aromatic heterocycles. The van der Waals surface area contributed by atoms with Crippen LogP contribution in [0.15, 0.2) is 42.6 Å². The molecular formula is C26H39N3O2. The van der Waals surface area contributed by atoms with Gasteiger partial charge in [-0.2, -0.15) is 0 Å². The van der Waals surface area contributed by atoms with E-state index in [1.165, 1.54) is 11.3 Å². The van der Waals surface area contributed by atoms with Crippen LogP contribution in [0.25, 0.3) is 0 Å². The van der Waals surface area contributed by atoms with Crippen LogP contribution >= 0.6 is 0 Å². The normalized spacial score (nSPS) is 19.4. The number of carbonyl (C=O) groups excluding carboxylic acids is 1. The van der Waals surface area contributed by atoms with Crippen molar-refractivity contribution in [3.8, 4) is 5.75 Å². The molecule has 1 fully saturated rings. The summed E-state index contributed by atoms with van der Waals surface area (Å²) in [4.78, 5) is 17.6. The number of amides is 1. The van der Waals surface area contributed by atoms with E-state index in [0.717, 1.165) is 38.5 Å². The molecule has 0 radical (unpaired) electrons. The van der Waals surface area contributed by atoms with E-state index in [1.54, 1.807) is 7.11 Å². The first-order chi connectivity index (χ1) is 14.8. The maximum absolute atomic E-state index is 13.0. The lowest BCUT2D eigenvalue weighted by Crippen LogP contribution is -2.41. The number of likely N-dealkylation sites (tertiary alicyclic amines) is 1. The van der Waals surface area contributed by atoms with Crippen LogP contribution in [-0.2, 0) is 18.4 Å². The molecular weight excluding hydrogens is 386 g/mol. The van der Waals surface area contributed by atoms with Gasteiger partial charge in [-0.3, -0.25) is 9.69 Å². The molecule has 0 spiro atoms. The molecule has 2 aromatic rings. The molecule has 170 valence electrons. The first-order valence-corrected chi connectivity index (χ1v) is 11.5. The topological polar surface area (TPSA) is 37.7 Å². The van der Waals surface area contributed by atoms with Crippen LogP contribution in [0.1, 0.15) is 44.9 Å². The third kappa shape index (κ3) is 5.91. The van der Waals surface area contributed by atoms with E-state index in [9.17, 15) is 4.79 Å². The van der Waals surface area contributed by atoms with Gasteiger partial charge in [-0.1, -0.05) is 39.8 Å². The summed E-state index contributed by atoms with van der Waals surface area (Å²) in [5.41, 5.74) is 2.63. The van der Waals surface area contributed by atoms with Crippen LogP contribution < -0.4 is 4.74 Å². The van der Waals surface area contributed by atoms with E-state index in [-0.39, 0.29) is 11.8 Å². The first kappa shape index (κ1) is 23.4. The Morgan fingerprint density at radius 1 is 1.16 bits per heavy atom. The van der Waals surface area contributed by atoms with Crippen LogP contribution in [0.2, 0.25) is 0 Å². The fourth-order valence-corrected chi connectivity index (χ4v) is 4.76. The third-order valence-corrected chi connectivity index (χ3v) is 6.32. The average molecular weight is 426 g/mol. The van der Waals surface area contributed by atoms with Crippen molar-refractivity contribution >= 4 is 5.91 Å². The zero-order valence-corrected chi connectivity index (χ0v) is 20.0. The van der Waals surface area contributed by atoms with Crippen molar-refractivity contribution in [2.24, 2.45) is 24.8 Å². The second kappa shape index (κ2) is 10.4. The smallest absolute Gasteiger partial charge is 0.225 e. The molecule has 31 heavy (non-hydrogen) atoms. The van der Waals surface area contributed by atoms with Crippen molar-refractivity contribution in [1.29, 1.82) is 0 Å². The van der Waals surface area contributed by atoms with Gasteiger partial charge < -0.3 is 14.2 Å². The fourth-order valence-electron chi connectivity index (χ4n) is 4.76. The summed E-state index contributed by atoms with van der Waals surface area (Å²) in [6, 6.07) is 12.8. The van der Waals surface area contributed by atoms with Crippen molar-refractivity contribution in [1.82, 2.24) is 14.4 Å². The second-order valence-electron chi connectivity index (χ2n) is 9.74. The minimum atomic E-state index is 0.0230. The van der Waals surface area contributed by atoms with Crippen LogP contribution in [0.5, 0.6) is 5.75 Å². The minimum Gasteiger partial charge on any atom is -0.497 e. The quantitative estimate of drug-likeness (QED) is 0.598. The Bertz CT molecular complexity index is 858. The highest BCUT2D eigenvalue weighted by atomic mass is 16.5. The maximum atomic E-state index is 13.0. The standard InChI is InChI=1S/C26H39N3O2/c1-19(2)14-29(26(30)20(3)4)16-22-15-28(17-23-10-8-12-27(23)5)18-25(22)21-9-7-11-24(13-21)31-6/h7-13,19-20,22,25H,14-18H2,1-6H3/t22-,25-/m1/s1. The summed E-state index contributed by atoms with van der Waals surface area (Å²) < 4.78 is 7.70. The molecule has 1 aliphatic heterocycles. The number of ether oxygens (including phenoxy) is 1. The zero-order chi connectivity index (χ0) is 22.5. The number of benzene rings is 1. The highest BCUT2D eigenvalue weighted by Gasteiger charge is 2.36. The first-order valence-electron chi connectivity index (χ1n) is 11.5. The Balaban J connectivity index is 1.85. The summed E-state index contributed by atoms with van der Waals surface area (Å²) in [5.74, 6) is 2.42. The number of carbonyl (C=O) groups is 1. The number of hydrogen-bond acceptors (Lipinski definition) is 3. The minimum absolute atomic E-state index is 0.0230. The Kier molecular flexibility index (Phi) is 7.82. The molecule has 0 aliphatic carbocycles. The van der Waals surface area contributed by atoms with Gasteiger partial charge in [-0.15, -0.1) is 0 Å². The van der Waals surface area contributed by atoms with Crippen LogP contribution in [0, 0.1) is 17.8 Å². The number of rotatable bonds is 9. The molecule has 1 aliphatic rings. The van der Waals surface area contributed by atoms with Crippen molar-refractivity contribution < 1.29 is 9.53 Å². The highest BCUT2D eigenvalue weighted by Crippen LogP contribution is 2.36. The van der Waals surface area contributed by atoms with Gasteiger partial charge in [-0.25, -0.2) is 0 Å². The third-order valence-electron chi connectivity index (χ3n) is 6.32. The van der Waals surface area contributed by atoms with Crippen molar-refractivity contribution in [2.75, 3.05) is 33.3 Å². The Morgan fingerprint density at radius 2 is 1.94 bits per heavy atom. The summed E-state index contributed by atoms with van der Waals surface area (Å²) in [6.45, 7) is 12.9. The largest absolute Gasteiger partial charge is 0.497 e. The van der Waals surface area contributed by atoms with Gasteiger partial charge in [0.05, 0.1) is 7.11 Å². The SMILES string of the molecule is COc1cccc([C@H]2CN(Cc3cccn3C)C[C@@H]2CN(CC(C)C)C(=O)C(C)C)c1. The van der Waals surface area contributed by atoms with E-state index in [4.69, 9.17) is 4.74 Å². The van der Waals surface area contributed by atoms with E-state index in [0.29, 0.717) is 17.8 Å². The molecule has 0 bridgehead atoms. The predicted octanol–water partition coefficient (Wildman–Crippen LogP) is 4.39. The van der Waals surface area contributed by atoms with Crippen LogP contribution in [-0.4, -0.2) is 53.6 Å². The van der Waals surface area contributed by atoms with E-state index in [1.807, 2.05) is 19.9 Å². The molecule has 3 rings (SSSR count). The molecule has 1 amide bonds. The van der Waals surface area contributed by atoms with E-state index >= 15 is 0 Å². The molecule has 0 saturated carbocycles. The molecule has 5 nitrogen and oxygen atoms in total. The van der Waals surface area contributed by atoms with Crippen LogP contribution in [0.4, 0.5) is 0 Å². The summed E-state index contributed by atoms with van der Waals surface area (Å²) >= 11 is 0. The highest BCUT2D eigenvalue weighted by molar-refractivity contribution is 5.78. The molecule has 1 saturated heterocycles. The van der Waals surface area contributed by atoms with Gasteiger partial charge in [0.15, 0.2) is 0 Å². The number of hydrogen-bond donors (Lipinski definition) is 0. The zero-order valence-electron chi connectivity index (χ0n) is 20.0. The fraction of sp³-hybridized carbons (Fsp3) is 0.577. The number of methoxy groups -OCH3 is 1. The average Bonchev–Trinajstić information content (AvgIpc) is 3.32. The Morgan fingerprint density at radius 3 is 2.55 bits per heavy atom. The van der Waals surface area contributed by atoms with Gasteiger partial charge in [0, 0.05) is 63.5 Å². The monoisotopic (exact) mass is 425 g/mol. The second-order valence-corrected chi connectivity index (χ2v) is 9.74. The number of aromatic nitrogens is 1. The van der Waals surface area contributed by atoms with E-state index in [2.05, 4.69) is 71.8 Å². The predicted molar refractivity (Wildman–Crippen MR) is 126 cm³/mol. The van der Waals surface area contributed by atoms with Gasteiger partial charge in [0.2, 0.25) is 5.91 Å². The summed E-state index contributed by atoms with van der Waals surface area (Å²) in [7, 11) is 3.83. The molecule has 5 heteroatoms. The number of nitrogens with zero attached hydrogens (tertiary/aromatic N) is 3. The Labute approximate surface area is 188 Å². The summed E-state index contributed by atoms with van der Waals surface area (Å²) in [6.07, 6.45) is 2.11. The Hall–Kier alpha value is -2.27. The maximum Gasteiger partial charge on any atom is 0.225 e. The molecule has 1 aromatic carbocycles. The lowest BCUT2D eigenvalue weighted by atomic mass is 9.88. The van der Waals surface area contributed by atoms with Gasteiger partial charge in [0.25, 0.3) is 0 Å². The summed E-state index contributed by atoms with van der Waals surface area (Å²) in [5, 5.41) is 0. The van der Waals surface area contributed by atoms with Crippen molar-refractivity contribution in [3.05, 3.63) is 53.9 Å².